The van der Waals surface area contributed by atoms with Crippen molar-refractivity contribution in [1.82, 2.24) is 14.7 Å². The lowest BCUT2D eigenvalue weighted by Gasteiger charge is -2.03. The molecule has 1 amide bonds. The van der Waals surface area contributed by atoms with Gasteiger partial charge in [0.15, 0.2) is 0 Å². The van der Waals surface area contributed by atoms with Gasteiger partial charge in [0.2, 0.25) is 0 Å². The lowest BCUT2D eigenvalue weighted by molar-refractivity contribution is 0.0952. The summed E-state index contributed by atoms with van der Waals surface area (Å²) in [5, 5.41) is 2.65. The molecule has 86 valence electrons. The van der Waals surface area contributed by atoms with Crippen LogP contribution in [0.25, 0.3) is 5.65 Å². The van der Waals surface area contributed by atoms with Gasteiger partial charge < -0.3 is 5.32 Å². The predicted octanol–water partition coefficient (Wildman–Crippen LogP) is 1.31. The number of nitrogens with zero attached hydrogens (tertiary/aromatic N) is 2. The van der Waals surface area contributed by atoms with Crippen molar-refractivity contribution in [3.63, 3.8) is 0 Å². The Morgan fingerprint density at radius 2 is 2.35 bits per heavy atom. The van der Waals surface area contributed by atoms with Gasteiger partial charge in [0, 0.05) is 6.20 Å². The number of imidazole rings is 1. The van der Waals surface area contributed by atoms with Crippen LogP contribution in [0.4, 0.5) is 0 Å². The fourth-order valence-electron chi connectivity index (χ4n) is 1.81. The summed E-state index contributed by atoms with van der Waals surface area (Å²) in [7, 11) is 0. The van der Waals surface area contributed by atoms with Crippen LogP contribution in [0.3, 0.4) is 0 Å². The second-order valence-electron chi connectivity index (χ2n) is 3.82. The molecule has 4 heteroatoms. The second-order valence-corrected chi connectivity index (χ2v) is 3.82. The summed E-state index contributed by atoms with van der Waals surface area (Å²) in [4.78, 5) is 16.3. The standard InChI is InChI=1S/C13H13N3O/c1-4-7-14-13(17)11-10(3)15-12-9(2)6-5-8-16(11)12/h1,5-6,8H,7H2,2-3H3,(H,14,17). The number of nitrogens with one attached hydrogen (secondary N) is 1. The third-order valence-corrected chi connectivity index (χ3v) is 2.59. The molecule has 0 aromatic carbocycles. The van der Waals surface area contributed by atoms with Gasteiger partial charge in [-0.15, -0.1) is 6.42 Å². The molecule has 0 radical (unpaired) electrons. The normalized spacial score (nSPS) is 10.2. The Hall–Kier alpha value is -2.28. The molecule has 0 atom stereocenters. The number of aromatic nitrogens is 2. The number of carbonyl (C=O) groups excluding carboxylic acids is 1. The fraction of sp³-hybridized carbons (Fsp3) is 0.231. The molecular weight excluding hydrogens is 214 g/mol. The topological polar surface area (TPSA) is 46.4 Å². The summed E-state index contributed by atoms with van der Waals surface area (Å²) >= 11 is 0. The van der Waals surface area contributed by atoms with Crippen LogP contribution in [0.1, 0.15) is 21.7 Å². The molecule has 0 saturated heterocycles. The van der Waals surface area contributed by atoms with Gasteiger partial charge in [-0.1, -0.05) is 12.0 Å². The number of hydrogen-bond acceptors (Lipinski definition) is 2. The monoisotopic (exact) mass is 227 g/mol. The van der Waals surface area contributed by atoms with Gasteiger partial charge in [0.1, 0.15) is 11.3 Å². The molecule has 0 aliphatic heterocycles. The largest absolute Gasteiger partial charge is 0.340 e. The highest BCUT2D eigenvalue weighted by Crippen LogP contribution is 2.14. The first kappa shape index (κ1) is 11.2. The SMILES string of the molecule is C#CCNC(=O)c1c(C)nc2c(C)cccn12. The minimum absolute atomic E-state index is 0.196. The van der Waals surface area contributed by atoms with E-state index in [1.165, 1.54) is 0 Å². The maximum Gasteiger partial charge on any atom is 0.270 e. The van der Waals surface area contributed by atoms with Crippen LogP contribution in [0, 0.1) is 26.2 Å². The van der Waals surface area contributed by atoms with E-state index in [-0.39, 0.29) is 12.5 Å². The minimum atomic E-state index is -0.196. The molecule has 2 aromatic rings. The van der Waals surface area contributed by atoms with E-state index in [9.17, 15) is 4.79 Å². The van der Waals surface area contributed by atoms with Crippen molar-refractivity contribution in [2.75, 3.05) is 6.54 Å². The zero-order chi connectivity index (χ0) is 12.4. The molecule has 4 nitrogen and oxygen atoms in total. The average molecular weight is 227 g/mol. The molecule has 0 aliphatic rings. The molecule has 0 unspecified atom stereocenters. The van der Waals surface area contributed by atoms with Gasteiger partial charge in [-0.2, -0.15) is 0 Å². The quantitative estimate of drug-likeness (QED) is 0.786. The van der Waals surface area contributed by atoms with Crippen LogP contribution in [0.5, 0.6) is 0 Å². The second kappa shape index (κ2) is 4.30. The number of fused-ring (bicyclic) bond motifs is 1. The van der Waals surface area contributed by atoms with Crippen molar-refractivity contribution in [2.45, 2.75) is 13.8 Å². The maximum absolute atomic E-state index is 11.9. The molecule has 0 fully saturated rings. The van der Waals surface area contributed by atoms with Crippen molar-refractivity contribution < 1.29 is 4.79 Å². The van der Waals surface area contributed by atoms with Gasteiger partial charge in [0.25, 0.3) is 5.91 Å². The van der Waals surface area contributed by atoms with Crippen LogP contribution in [0.2, 0.25) is 0 Å². The number of amides is 1. The highest BCUT2D eigenvalue weighted by Gasteiger charge is 2.16. The molecule has 0 bridgehead atoms. The summed E-state index contributed by atoms with van der Waals surface area (Å²) in [6, 6.07) is 3.85. The molecule has 2 heterocycles. The van der Waals surface area contributed by atoms with Gasteiger partial charge in [-0.3, -0.25) is 9.20 Å². The summed E-state index contributed by atoms with van der Waals surface area (Å²) < 4.78 is 1.79. The van der Waals surface area contributed by atoms with Crippen LogP contribution in [0.15, 0.2) is 18.3 Å². The molecule has 17 heavy (non-hydrogen) atoms. The number of pyridine rings is 1. The third-order valence-electron chi connectivity index (χ3n) is 2.59. The Bertz CT molecular complexity index is 619. The van der Waals surface area contributed by atoms with E-state index in [2.05, 4.69) is 16.2 Å². The summed E-state index contributed by atoms with van der Waals surface area (Å²) in [6.07, 6.45) is 6.94. The van der Waals surface area contributed by atoms with Crippen molar-refractivity contribution in [3.8, 4) is 12.3 Å². The van der Waals surface area contributed by atoms with E-state index in [0.717, 1.165) is 11.2 Å². The average Bonchev–Trinajstić information content (AvgIpc) is 2.64. The molecule has 0 aliphatic carbocycles. The number of aryl methyl sites for hydroxylation is 2. The zero-order valence-electron chi connectivity index (χ0n) is 9.82. The van der Waals surface area contributed by atoms with Crippen molar-refractivity contribution >= 4 is 11.6 Å². The predicted molar refractivity (Wildman–Crippen MR) is 65.8 cm³/mol. The zero-order valence-corrected chi connectivity index (χ0v) is 9.82. The van der Waals surface area contributed by atoms with E-state index in [1.807, 2.05) is 32.2 Å². The van der Waals surface area contributed by atoms with Crippen molar-refractivity contribution in [3.05, 3.63) is 35.3 Å². The first-order valence-corrected chi connectivity index (χ1v) is 5.31. The van der Waals surface area contributed by atoms with Gasteiger partial charge >= 0.3 is 0 Å². The number of terminal acetylenes is 1. The third kappa shape index (κ3) is 1.87. The van der Waals surface area contributed by atoms with Crippen molar-refractivity contribution in [1.29, 1.82) is 0 Å². The Balaban J connectivity index is 2.54. The summed E-state index contributed by atoms with van der Waals surface area (Å²) in [5.74, 6) is 2.18. The van der Waals surface area contributed by atoms with Crippen LogP contribution >= 0.6 is 0 Å². The summed E-state index contributed by atoms with van der Waals surface area (Å²) in [6.45, 7) is 4.00. The van der Waals surface area contributed by atoms with Gasteiger partial charge in [0.05, 0.1) is 12.2 Å². The molecule has 0 spiro atoms. The lowest BCUT2D eigenvalue weighted by Crippen LogP contribution is -2.25. The van der Waals surface area contributed by atoms with E-state index in [4.69, 9.17) is 6.42 Å². The van der Waals surface area contributed by atoms with Crippen LogP contribution in [-0.4, -0.2) is 21.8 Å². The molecule has 2 aromatic heterocycles. The fourth-order valence-corrected chi connectivity index (χ4v) is 1.81. The maximum atomic E-state index is 11.9. The van der Waals surface area contributed by atoms with E-state index >= 15 is 0 Å². The lowest BCUT2D eigenvalue weighted by atomic mass is 10.3. The van der Waals surface area contributed by atoms with Crippen LogP contribution in [-0.2, 0) is 0 Å². The van der Waals surface area contributed by atoms with E-state index in [1.54, 1.807) is 4.40 Å². The highest BCUT2D eigenvalue weighted by molar-refractivity contribution is 5.94. The first-order valence-electron chi connectivity index (χ1n) is 5.31. The van der Waals surface area contributed by atoms with Crippen LogP contribution < -0.4 is 5.32 Å². The van der Waals surface area contributed by atoms with Gasteiger partial charge in [-0.25, -0.2) is 4.98 Å². The number of rotatable bonds is 2. The summed E-state index contributed by atoms with van der Waals surface area (Å²) in [5.41, 5.74) is 3.08. The molecule has 2 rings (SSSR count). The molecular formula is C13H13N3O. The van der Waals surface area contributed by atoms with Crippen molar-refractivity contribution in [2.24, 2.45) is 0 Å². The smallest absolute Gasteiger partial charge is 0.270 e. The highest BCUT2D eigenvalue weighted by atomic mass is 16.1. The Kier molecular flexibility index (Phi) is 2.84. The van der Waals surface area contributed by atoms with Gasteiger partial charge in [-0.05, 0) is 25.5 Å². The number of hydrogen-bond donors (Lipinski definition) is 1. The Labute approximate surface area is 99.7 Å². The minimum Gasteiger partial charge on any atom is -0.340 e. The Morgan fingerprint density at radius 3 is 3.06 bits per heavy atom. The molecule has 1 N–H and O–H groups in total. The van der Waals surface area contributed by atoms with E-state index < -0.39 is 0 Å². The Morgan fingerprint density at radius 1 is 1.59 bits per heavy atom. The van der Waals surface area contributed by atoms with E-state index in [0.29, 0.717) is 11.4 Å². The number of carbonyl (C=O) groups is 1. The first-order chi connectivity index (χ1) is 8.15. The molecule has 0 saturated carbocycles.